The second-order valence-corrected chi connectivity index (χ2v) is 13.2. The third-order valence-electron chi connectivity index (χ3n) is 6.53. The van der Waals surface area contributed by atoms with Crippen LogP contribution in [0.25, 0.3) is 10.4 Å². The number of azide groups is 1. The number of benzene rings is 2. The molecule has 0 aliphatic carbocycles. The van der Waals surface area contributed by atoms with Crippen molar-refractivity contribution in [3.05, 3.63) is 80.7 Å². The predicted octanol–water partition coefficient (Wildman–Crippen LogP) is 4.10. The van der Waals surface area contributed by atoms with Gasteiger partial charge in [0.2, 0.25) is 15.9 Å². The number of nitrogens with one attached hydrogen (secondary N) is 1. The van der Waals surface area contributed by atoms with E-state index in [4.69, 9.17) is 9.47 Å². The highest BCUT2D eigenvalue weighted by atomic mass is 32.2. The maximum atomic E-state index is 13.9. The molecule has 0 aromatic heterocycles. The van der Waals surface area contributed by atoms with Crippen molar-refractivity contribution >= 4 is 27.6 Å². The number of nitro benzene ring substituents is 1. The SMILES string of the molecule is CC(C)C[C@@H](C(=O)OC(C)(C)C)N1C[C@@H](OCc2ccccc2)[C@H](NS(=O)(=O)c2ccccc2[N+](=O)[O-])[C@@H](N=[N+]=[N-])C1=O. The van der Waals surface area contributed by atoms with Crippen LogP contribution < -0.4 is 4.72 Å². The van der Waals surface area contributed by atoms with Gasteiger partial charge in [-0.3, -0.25) is 14.9 Å². The van der Waals surface area contributed by atoms with Crippen LogP contribution >= 0.6 is 0 Å². The van der Waals surface area contributed by atoms with E-state index in [1.54, 1.807) is 45.0 Å². The number of nitro groups is 1. The Labute approximate surface area is 250 Å². The van der Waals surface area contributed by atoms with E-state index in [1.807, 2.05) is 19.9 Å². The van der Waals surface area contributed by atoms with Crippen LogP contribution in [0.4, 0.5) is 5.69 Å². The second-order valence-electron chi connectivity index (χ2n) is 11.5. The molecule has 1 fully saturated rings. The number of ether oxygens (including phenoxy) is 2. The molecule has 2 aromatic rings. The smallest absolute Gasteiger partial charge is 0.329 e. The Kier molecular flexibility index (Phi) is 10.9. The standard InChI is InChI=1S/C28H36N6O8S/c1-18(2)15-21(27(36)42-28(3,4)5)33-16-22(41-17-19-11-7-6-8-12-19)24(25(26(33)35)30-32-29)31-43(39,40)23-14-10-9-13-20(23)34(37)38/h6-14,18,21-22,24-25,31H,15-17H2,1-5H3/t21-,22+,24-,25+/m0/s1. The molecule has 1 N–H and O–H groups in total. The molecule has 0 spiro atoms. The summed E-state index contributed by atoms with van der Waals surface area (Å²) in [5.74, 6) is -1.54. The van der Waals surface area contributed by atoms with Gasteiger partial charge in [0.15, 0.2) is 4.90 Å². The van der Waals surface area contributed by atoms with Crippen LogP contribution in [-0.4, -0.2) is 66.5 Å². The average molecular weight is 617 g/mol. The normalized spacial score (nSPS) is 19.9. The minimum absolute atomic E-state index is 0.0124. The number of carbonyl (C=O) groups excluding carboxylic acids is 2. The van der Waals surface area contributed by atoms with Crippen LogP contribution in [-0.2, 0) is 35.7 Å². The van der Waals surface area contributed by atoms with Crippen molar-refractivity contribution in [1.82, 2.24) is 9.62 Å². The summed E-state index contributed by atoms with van der Waals surface area (Å²) in [5.41, 5.74) is 8.60. The molecule has 2 aromatic carbocycles. The Bertz CT molecular complexity index is 1470. The van der Waals surface area contributed by atoms with Gasteiger partial charge in [0.05, 0.1) is 23.7 Å². The van der Waals surface area contributed by atoms with E-state index in [2.05, 4.69) is 14.7 Å². The third kappa shape index (κ3) is 8.74. The predicted molar refractivity (Wildman–Crippen MR) is 156 cm³/mol. The van der Waals surface area contributed by atoms with Gasteiger partial charge in [0.1, 0.15) is 17.7 Å². The molecule has 232 valence electrons. The molecule has 4 atom stereocenters. The monoisotopic (exact) mass is 616 g/mol. The highest BCUT2D eigenvalue weighted by Crippen LogP contribution is 2.29. The van der Waals surface area contributed by atoms with Gasteiger partial charge in [-0.15, -0.1) is 0 Å². The Balaban J connectivity index is 2.09. The molecule has 0 saturated carbocycles. The fourth-order valence-corrected chi connectivity index (χ4v) is 6.14. The van der Waals surface area contributed by atoms with Gasteiger partial charge in [-0.2, -0.15) is 0 Å². The Morgan fingerprint density at radius 2 is 1.81 bits per heavy atom. The fraction of sp³-hybridized carbons (Fsp3) is 0.500. The van der Waals surface area contributed by atoms with E-state index in [0.29, 0.717) is 0 Å². The number of likely N-dealkylation sites (tertiary alicyclic amines) is 1. The fourth-order valence-electron chi connectivity index (χ4n) is 4.70. The number of carbonyl (C=O) groups is 2. The lowest BCUT2D eigenvalue weighted by atomic mass is 9.93. The van der Waals surface area contributed by atoms with E-state index in [-0.39, 0.29) is 25.5 Å². The van der Waals surface area contributed by atoms with Crippen molar-refractivity contribution in [2.75, 3.05) is 6.54 Å². The molecule has 43 heavy (non-hydrogen) atoms. The van der Waals surface area contributed by atoms with Gasteiger partial charge in [-0.25, -0.2) is 17.9 Å². The highest BCUT2D eigenvalue weighted by Gasteiger charge is 2.49. The maximum absolute atomic E-state index is 13.9. The van der Waals surface area contributed by atoms with Gasteiger partial charge in [-0.1, -0.05) is 61.4 Å². The molecular weight excluding hydrogens is 580 g/mol. The largest absolute Gasteiger partial charge is 0.458 e. The number of hydrogen-bond donors (Lipinski definition) is 1. The maximum Gasteiger partial charge on any atom is 0.329 e. The summed E-state index contributed by atoms with van der Waals surface area (Å²) >= 11 is 0. The summed E-state index contributed by atoms with van der Waals surface area (Å²) in [4.78, 5) is 41.3. The summed E-state index contributed by atoms with van der Waals surface area (Å²) in [6.45, 7) is 8.53. The first-order valence-corrected chi connectivity index (χ1v) is 15.1. The van der Waals surface area contributed by atoms with Crippen LogP contribution in [0.2, 0.25) is 0 Å². The zero-order valence-electron chi connectivity index (χ0n) is 24.6. The molecule has 0 radical (unpaired) electrons. The number of nitrogens with zero attached hydrogens (tertiary/aromatic N) is 5. The van der Waals surface area contributed by atoms with Crippen molar-refractivity contribution in [3.63, 3.8) is 0 Å². The lowest BCUT2D eigenvalue weighted by Gasteiger charge is -2.44. The van der Waals surface area contributed by atoms with Gasteiger partial charge >= 0.3 is 5.97 Å². The molecule has 1 saturated heterocycles. The van der Waals surface area contributed by atoms with Crippen molar-refractivity contribution in [2.45, 2.75) is 82.4 Å². The number of sulfonamides is 1. The number of esters is 1. The molecular formula is C28H36N6O8S. The first-order valence-electron chi connectivity index (χ1n) is 13.6. The lowest BCUT2D eigenvalue weighted by Crippen LogP contribution is -2.67. The third-order valence-corrected chi connectivity index (χ3v) is 8.04. The summed E-state index contributed by atoms with van der Waals surface area (Å²) < 4.78 is 41.1. The van der Waals surface area contributed by atoms with Crippen LogP contribution in [0.5, 0.6) is 0 Å². The molecule has 1 aliphatic rings. The van der Waals surface area contributed by atoms with Gasteiger partial charge < -0.3 is 14.4 Å². The summed E-state index contributed by atoms with van der Waals surface area (Å²) in [6, 6.07) is 9.44. The quantitative estimate of drug-likeness (QED) is 0.0919. The Hall–Kier alpha value is -4.04. The van der Waals surface area contributed by atoms with Crippen molar-refractivity contribution in [3.8, 4) is 0 Å². The molecule has 0 bridgehead atoms. The minimum Gasteiger partial charge on any atom is -0.458 e. The van der Waals surface area contributed by atoms with Gasteiger partial charge in [0, 0.05) is 17.5 Å². The Morgan fingerprint density at radius 1 is 1.19 bits per heavy atom. The van der Waals surface area contributed by atoms with Gasteiger partial charge in [0.25, 0.3) is 5.69 Å². The van der Waals surface area contributed by atoms with E-state index in [1.165, 1.54) is 17.0 Å². The van der Waals surface area contributed by atoms with Crippen molar-refractivity contribution < 1.29 is 32.4 Å². The molecule has 15 heteroatoms. The van der Waals surface area contributed by atoms with E-state index in [9.17, 15) is 33.7 Å². The first kappa shape index (κ1) is 33.5. The average Bonchev–Trinajstić information content (AvgIpc) is 2.93. The minimum atomic E-state index is -4.64. The molecule has 3 rings (SSSR count). The van der Waals surface area contributed by atoms with Crippen LogP contribution in [0.15, 0.2) is 64.6 Å². The summed E-state index contributed by atoms with van der Waals surface area (Å²) in [6.07, 6.45) is -0.926. The molecule has 14 nitrogen and oxygen atoms in total. The topological polar surface area (TPSA) is 194 Å². The second kappa shape index (κ2) is 14.0. The summed E-state index contributed by atoms with van der Waals surface area (Å²) in [5, 5.41) is 15.2. The number of para-hydroxylation sites is 1. The van der Waals surface area contributed by atoms with Gasteiger partial charge in [-0.05, 0) is 50.3 Å². The van der Waals surface area contributed by atoms with Crippen LogP contribution in [0.1, 0.15) is 46.6 Å². The molecule has 1 amide bonds. The van der Waals surface area contributed by atoms with Crippen LogP contribution in [0.3, 0.4) is 0 Å². The first-order chi connectivity index (χ1) is 20.1. The molecule has 0 unspecified atom stereocenters. The zero-order chi connectivity index (χ0) is 31.9. The highest BCUT2D eigenvalue weighted by molar-refractivity contribution is 7.89. The molecule has 1 heterocycles. The number of amides is 1. The zero-order valence-corrected chi connectivity index (χ0v) is 25.4. The van der Waals surface area contributed by atoms with E-state index in [0.717, 1.165) is 17.7 Å². The number of hydrogen-bond acceptors (Lipinski definition) is 9. The van der Waals surface area contributed by atoms with Crippen molar-refractivity contribution in [1.29, 1.82) is 0 Å². The summed E-state index contributed by atoms with van der Waals surface area (Å²) in [7, 11) is -4.64. The van der Waals surface area contributed by atoms with Crippen molar-refractivity contribution in [2.24, 2.45) is 11.0 Å². The number of piperidine rings is 1. The van der Waals surface area contributed by atoms with E-state index >= 15 is 0 Å². The molecule has 1 aliphatic heterocycles. The Morgan fingerprint density at radius 3 is 2.40 bits per heavy atom. The van der Waals surface area contributed by atoms with Crippen LogP contribution in [0, 0.1) is 16.0 Å². The number of rotatable bonds is 12. The van der Waals surface area contributed by atoms with E-state index < -0.39 is 67.2 Å². The lowest BCUT2D eigenvalue weighted by molar-refractivity contribution is -0.387.